The van der Waals surface area contributed by atoms with Crippen molar-refractivity contribution in [2.24, 2.45) is 0 Å². The van der Waals surface area contributed by atoms with Gasteiger partial charge < -0.3 is 28.8 Å². The molecule has 0 aliphatic rings. The van der Waals surface area contributed by atoms with Crippen molar-refractivity contribution < 1.29 is 32.9 Å². The first-order valence-electron chi connectivity index (χ1n) is 28.9. The summed E-state index contributed by atoms with van der Waals surface area (Å²) in [5.41, 5.74) is 0. The third kappa shape index (κ3) is 53.5. The molecule has 3 atom stereocenters. The predicted octanol–water partition coefficient (Wildman–Crippen LogP) is 17.0. The summed E-state index contributed by atoms with van der Waals surface area (Å²) in [4.78, 5) is 25.5. The Morgan fingerprint density at radius 1 is 0.514 bits per heavy atom. The van der Waals surface area contributed by atoms with E-state index in [0.29, 0.717) is 17.4 Å². The molecule has 70 heavy (non-hydrogen) atoms. The zero-order valence-electron chi connectivity index (χ0n) is 46.2. The summed E-state index contributed by atoms with van der Waals surface area (Å²) in [5.74, 6) is -0.212. The fourth-order valence-corrected chi connectivity index (χ4v) is 8.78. The second-order valence-electron chi connectivity index (χ2n) is 20.6. The van der Waals surface area contributed by atoms with Gasteiger partial charge in [0.25, 0.3) is 7.82 Å². The largest absolute Gasteiger partial charge is 0.756 e. The van der Waals surface area contributed by atoms with Crippen LogP contribution < -0.4 is 10.2 Å². The molecule has 9 heteroatoms. The number of quaternary nitrogens is 1. The Morgan fingerprint density at radius 3 is 1.33 bits per heavy atom. The summed E-state index contributed by atoms with van der Waals surface area (Å²) >= 11 is 0. The van der Waals surface area contributed by atoms with Crippen molar-refractivity contribution in [2.45, 2.75) is 257 Å². The molecular weight excluding hydrogens is 888 g/mol. The fourth-order valence-electron chi connectivity index (χ4n) is 8.06. The molecule has 406 valence electrons. The van der Waals surface area contributed by atoms with Gasteiger partial charge in [-0.2, -0.15) is 0 Å². The van der Waals surface area contributed by atoms with Gasteiger partial charge in [-0.15, -0.1) is 0 Å². The molecule has 0 rings (SSSR count). The molecule has 0 spiro atoms. The molecule has 1 amide bonds. The van der Waals surface area contributed by atoms with Gasteiger partial charge in [-0.05, 0) is 83.5 Å². The topological polar surface area (TPSA) is 108 Å². The maximum atomic E-state index is 13.0. The summed E-state index contributed by atoms with van der Waals surface area (Å²) in [6.07, 6.45) is 72.3. The van der Waals surface area contributed by atoms with Crippen molar-refractivity contribution in [3.63, 3.8) is 0 Å². The van der Waals surface area contributed by atoms with E-state index in [1.807, 2.05) is 27.2 Å². The number of likely N-dealkylation sites (N-methyl/N-ethyl adjacent to an activating group) is 1. The first-order chi connectivity index (χ1) is 34.0. The quantitative estimate of drug-likeness (QED) is 0.0272. The van der Waals surface area contributed by atoms with Crippen LogP contribution in [0, 0.1) is 0 Å². The SMILES string of the molecule is CC/C=C\C/C=C\C/C=C\C/C=C\CCCCCCCCCCCCCCCCCCC(=O)NC(COP(=O)([O-])OCC[N+](C)(C)C)C(O)/C=C/CC/C=C/CC/C=C/CCCCCCCCCCC. The number of carbonyl (C=O) groups is 1. The van der Waals surface area contributed by atoms with Crippen molar-refractivity contribution in [3.8, 4) is 0 Å². The minimum Gasteiger partial charge on any atom is -0.756 e. The number of rotatable bonds is 52. The van der Waals surface area contributed by atoms with Crippen LogP contribution in [0.1, 0.15) is 245 Å². The van der Waals surface area contributed by atoms with Gasteiger partial charge in [0.2, 0.25) is 5.91 Å². The minimum absolute atomic E-state index is 0.0114. The first-order valence-corrected chi connectivity index (χ1v) is 30.4. The number of aliphatic hydroxyl groups excluding tert-OH is 1. The maximum absolute atomic E-state index is 13.0. The standard InChI is InChI=1S/C61H111N2O6P/c1-6-8-10-12-14-16-18-20-22-24-26-27-28-29-30-31-32-33-34-35-37-39-41-43-45-47-49-51-53-55-61(65)62-59(58-69-70(66,67)68-57-56-63(3,4)5)60(64)54-52-50-48-46-44-42-40-38-36-25-23-21-19-17-15-13-11-9-7-2/h8,10,14,16,20,22,26-27,36,38,44,46,52,54,59-60,64H,6-7,9,11-13,15,17-19,21,23-25,28-35,37,39-43,45,47-51,53,55-58H2,1-5H3,(H-,62,65,66,67)/b10-8-,16-14-,22-20-,27-26-,38-36+,46-44+,54-52+. The Kier molecular flexibility index (Phi) is 49.9. The summed E-state index contributed by atoms with van der Waals surface area (Å²) in [6, 6.07) is -0.914. The molecule has 0 saturated carbocycles. The molecular formula is C61H111N2O6P. The number of nitrogens with one attached hydrogen (secondary N) is 1. The lowest BCUT2D eigenvalue weighted by Gasteiger charge is -2.29. The van der Waals surface area contributed by atoms with Crippen molar-refractivity contribution >= 4 is 13.7 Å². The van der Waals surface area contributed by atoms with Gasteiger partial charge in [0.1, 0.15) is 13.2 Å². The molecule has 0 aromatic rings. The van der Waals surface area contributed by atoms with Crippen LogP contribution in [0.15, 0.2) is 85.1 Å². The average Bonchev–Trinajstić information content (AvgIpc) is 3.32. The highest BCUT2D eigenvalue weighted by Crippen LogP contribution is 2.38. The van der Waals surface area contributed by atoms with E-state index in [4.69, 9.17) is 9.05 Å². The number of aliphatic hydroxyl groups is 1. The molecule has 0 aliphatic heterocycles. The number of hydrogen-bond donors (Lipinski definition) is 2. The second kappa shape index (κ2) is 51.6. The first kappa shape index (κ1) is 67.7. The summed E-state index contributed by atoms with van der Waals surface area (Å²) in [6.45, 7) is 4.51. The molecule has 0 aliphatic carbocycles. The molecule has 3 unspecified atom stereocenters. The molecule has 8 nitrogen and oxygen atoms in total. The van der Waals surface area contributed by atoms with Gasteiger partial charge in [-0.1, -0.05) is 240 Å². The smallest absolute Gasteiger partial charge is 0.268 e. The lowest BCUT2D eigenvalue weighted by atomic mass is 10.0. The summed E-state index contributed by atoms with van der Waals surface area (Å²) in [5, 5.41) is 13.9. The van der Waals surface area contributed by atoms with Crippen molar-refractivity contribution in [1.82, 2.24) is 5.32 Å². The number of phosphoric acid groups is 1. The van der Waals surface area contributed by atoms with Crippen molar-refractivity contribution in [1.29, 1.82) is 0 Å². The molecule has 0 bridgehead atoms. The molecule has 0 fully saturated rings. The Hall–Kier alpha value is -2.32. The third-order valence-corrected chi connectivity index (χ3v) is 13.5. The van der Waals surface area contributed by atoms with Crippen LogP contribution in [-0.4, -0.2) is 68.5 Å². The number of unbranched alkanes of at least 4 members (excludes halogenated alkanes) is 27. The highest BCUT2D eigenvalue weighted by molar-refractivity contribution is 7.45. The molecule has 0 radical (unpaired) electrons. The monoisotopic (exact) mass is 999 g/mol. The van der Waals surface area contributed by atoms with E-state index in [9.17, 15) is 19.4 Å². The van der Waals surface area contributed by atoms with E-state index in [0.717, 1.165) is 70.6 Å². The number of hydrogen-bond acceptors (Lipinski definition) is 6. The van der Waals surface area contributed by atoms with E-state index in [1.54, 1.807) is 6.08 Å². The van der Waals surface area contributed by atoms with Crippen LogP contribution >= 0.6 is 7.82 Å². The van der Waals surface area contributed by atoms with Gasteiger partial charge >= 0.3 is 0 Å². The Labute approximate surface area is 433 Å². The van der Waals surface area contributed by atoms with Crippen LogP contribution in [0.5, 0.6) is 0 Å². The number of nitrogens with zero attached hydrogens (tertiary/aromatic N) is 1. The average molecular weight is 1000 g/mol. The minimum atomic E-state index is -4.61. The Balaban J connectivity index is 4.22. The van der Waals surface area contributed by atoms with Crippen LogP contribution in [0.25, 0.3) is 0 Å². The van der Waals surface area contributed by atoms with Crippen molar-refractivity contribution in [3.05, 3.63) is 85.1 Å². The second-order valence-corrected chi connectivity index (χ2v) is 22.0. The molecule has 0 heterocycles. The fraction of sp³-hybridized carbons (Fsp3) is 0.754. The van der Waals surface area contributed by atoms with Crippen LogP contribution in [0.4, 0.5) is 0 Å². The third-order valence-electron chi connectivity index (χ3n) is 12.6. The van der Waals surface area contributed by atoms with Crippen molar-refractivity contribution in [2.75, 3.05) is 40.9 Å². The number of allylic oxidation sites excluding steroid dienone is 13. The van der Waals surface area contributed by atoms with E-state index >= 15 is 0 Å². The Bertz CT molecular complexity index is 1410. The van der Waals surface area contributed by atoms with Gasteiger partial charge in [0.05, 0.1) is 39.9 Å². The lowest BCUT2D eigenvalue weighted by Crippen LogP contribution is -2.45. The number of amides is 1. The van der Waals surface area contributed by atoms with Gasteiger partial charge in [-0.3, -0.25) is 9.36 Å². The normalized spacial score (nSPS) is 14.6. The Morgan fingerprint density at radius 2 is 0.886 bits per heavy atom. The zero-order chi connectivity index (χ0) is 51.3. The lowest BCUT2D eigenvalue weighted by molar-refractivity contribution is -0.870. The summed E-state index contributed by atoms with van der Waals surface area (Å²) in [7, 11) is 1.23. The highest BCUT2D eigenvalue weighted by Gasteiger charge is 2.23. The highest BCUT2D eigenvalue weighted by atomic mass is 31.2. The molecule has 0 aromatic carbocycles. The van der Waals surface area contributed by atoms with E-state index in [1.165, 1.54) is 154 Å². The van der Waals surface area contributed by atoms with Gasteiger partial charge in [0.15, 0.2) is 0 Å². The van der Waals surface area contributed by atoms with Crippen LogP contribution in [0.2, 0.25) is 0 Å². The molecule has 2 N–H and O–H groups in total. The maximum Gasteiger partial charge on any atom is 0.268 e. The van der Waals surface area contributed by atoms with E-state index in [2.05, 4.69) is 92.1 Å². The number of carbonyl (C=O) groups excluding carboxylic acids is 1. The van der Waals surface area contributed by atoms with Crippen LogP contribution in [0.3, 0.4) is 0 Å². The van der Waals surface area contributed by atoms with Gasteiger partial charge in [0, 0.05) is 6.42 Å². The molecule has 0 aromatic heterocycles. The van der Waals surface area contributed by atoms with Gasteiger partial charge in [-0.25, -0.2) is 0 Å². The van der Waals surface area contributed by atoms with E-state index < -0.39 is 26.6 Å². The van der Waals surface area contributed by atoms with E-state index in [-0.39, 0.29) is 12.5 Å². The number of phosphoric ester groups is 1. The summed E-state index contributed by atoms with van der Waals surface area (Å²) < 4.78 is 23.3. The van der Waals surface area contributed by atoms with Crippen LogP contribution in [-0.2, 0) is 18.4 Å². The zero-order valence-corrected chi connectivity index (χ0v) is 47.1. The molecule has 0 saturated heterocycles. The predicted molar refractivity (Wildman–Crippen MR) is 302 cm³/mol.